The standard InChI is InChI=1S/C23H30ClN3OS.ClH/c1-14-18(24)4-5-19-20(14)25-22(29-19)27(7-6-26(2)3)21(28)23-11-15-8-16(12-23)10-17(9-15)13-23;/h4-5,15-17H,6-13H2,1-3H3;1H. The van der Waals surface area contributed by atoms with Gasteiger partial charge in [0.15, 0.2) is 5.13 Å². The molecule has 6 rings (SSSR count). The molecule has 0 saturated heterocycles. The van der Waals surface area contributed by atoms with Crippen LogP contribution in [0, 0.1) is 30.1 Å². The van der Waals surface area contributed by atoms with E-state index in [0.29, 0.717) is 12.5 Å². The molecule has 0 N–H and O–H groups in total. The van der Waals surface area contributed by atoms with Gasteiger partial charge in [-0.2, -0.15) is 0 Å². The third-order valence-corrected chi connectivity index (χ3v) is 8.93. The van der Waals surface area contributed by atoms with E-state index in [0.717, 1.165) is 69.5 Å². The third-order valence-electron chi connectivity index (χ3n) is 7.48. The smallest absolute Gasteiger partial charge is 0.235 e. The fraction of sp³-hybridized carbons (Fsp3) is 0.652. The SMILES string of the molecule is Cc1c(Cl)ccc2sc(N(CCN(C)C)C(=O)C34CC5CC(CC(C5)C3)C4)nc12.Cl. The van der Waals surface area contributed by atoms with E-state index >= 15 is 0 Å². The van der Waals surface area contributed by atoms with E-state index in [1.807, 2.05) is 24.0 Å². The highest BCUT2D eigenvalue weighted by Crippen LogP contribution is 2.60. The Bertz CT molecular complexity index is 922. The molecule has 1 aromatic heterocycles. The Hall–Kier alpha value is -0.880. The number of halogens is 2. The van der Waals surface area contributed by atoms with Gasteiger partial charge in [0.2, 0.25) is 5.91 Å². The van der Waals surface area contributed by atoms with Crippen LogP contribution in [0.25, 0.3) is 10.2 Å². The molecule has 0 unspecified atom stereocenters. The molecule has 0 spiro atoms. The second-order valence-electron chi connectivity index (χ2n) is 9.97. The first-order chi connectivity index (χ1) is 13.8. The number of likely N-dealkylation sites (N-methyl/N-ethyl adjacent to an activating group) is 1. The zero-order valence-corrected chi connectivity index (χ0v) is 20.4. The van der Waals surface area contributed by atoms with Crippen LogP contribution in [0.4, 0.5) is 5.13 Å². The lowest BCUT2D eigenvalue weighted by molar-refractivity contribution is -0.143. The predicted molar refractivity (Wildman–Crippen MR) is 128 cm³/mol. The van der Waals surface area contributed by atoms with Gasteiger partial charge in [-0.05, 0) is 95.0 Å². The number of aryl methyl sites for hydroxylation is 1. The molecule has 1 amide bonds. The van der Waals surface area contributed by atoms with Gasteiger partial charge >= 0.3 is 0 Å². The topological polar surface area (TPSA) is 36.4 Å². The molecule has 4 nitrogen and oxygen atoms in total. The van der Waals surface area contributed by atoms with E-state index in [1.165, 1.54) is 19.3 Å². The fourth-order valence-corrected chi connectivity index (χ4v) is 7.65. The molecular weight excluding hydrogens is 437 g/mol. The van der Waals surface area contributed by atoms with E-state index in [9.17, 15) is 4.79 Å². The Morgan fingerprint density at radius 1 is 1.13 bits per heavy atom. The number of thiazole rings is 1. The summed E-state index contributed by atoms with van der Waals surface area (Å²) in [6, 6.07) is 3.97. The largest absolute Gasteiger partial charge is 0.308 e. The van der Waals surface area contributed by atoms with Crippen molar-refractivity contribution in [3.63, 3.8) is 0 Å². The number of anilines is 1. The number of rotatable bonds is 5. The number of amides is 1. The summed E-state index contributed by atoms with van der Waals surface area (Å²) in [7, 11) is 4.13. The molecule has 0 atom stereocenters. The summed E-state index contributed by atoms with van der Waals surface area (Å²) in [4.78, 5) is 23.2. The van der Waals surface area contributed by atoms with Crippen LogP contribution < -0.4 is 4.90 Å². The molecule has 4 fully saturated rings. The number of fused-ring (bicyclic) bond motifs is 1. The monoisotopic (exact) mass is 467 g/mol. The molecule has 30 heavy (non-hydrogen) atoms. The van der Waals surface area contributed by atoms with Crippen molar-refractivity contribution in [2.75, 3.05) is 32.1 Å². The van der Waals surface area contributed by atoms with Crippen LogP contribution in [-0.4, -0.2) is 43.0 Å². The van der Waals surface area contributed by atoms with Crippen molar-refractivity contribution in [3.8, 4) is 0 Å². The van der Waals surface area contributed by atoms with Gasteiger partial charge in [-0.25, -0.2) is 4.98 Å². The summed E-state index contributed by atoms with van der Waals surface area (Å²) in [5.41, 5.74) is 1.79. The van der Waals surface area contributed by atoms with Crippen molar-refractivity contribution in [3.05, 3.63) is 22.7 Å². The van der Waals surface area contributed by atoms with Crippen LogP contribution in [-0.2, 0) is 4.79 Å². The lowest BCUT2D eigenvalue weighted by atomic mass is 9.49. The van der Waals surface area contributed by atoms with Crippen molar-refractivity contribution in [2.24, 2.45) is 23.2 Å². The fourth-order valence-electron chi connectivity index (χ4n) is 6.45. The van der Waals surface area contributed by atoms with Crippen LogP contribution in [0.3, 0.4) is 0 Å². The maximum absolute atomic E-state index is 14.1. The molecule has 2 aromatic rings. The average molecular weight is 468 g/mol. The van der Waals surface area contributed by atoms with Crippen LogP contribution in [0.1, 0.15) is 44.1 Å². The number of carbonyl (C=O) groups is 1. The number of benzene rings is 1. The number of aromatic nitrogens is 1. The van der Waals surface area contributed by atoms with E-state index in [1.54, 1.807) is 11.3 Å². The zero-order chi connectivity index (χ0) is 20.3. The minimum absolute atomic E-state index is 0. The summed E-state index contributed by atoms with van der Waals surface area (Å²) < 4.78 is 1.11. The van der Waals surface area contributed by atoms with Gasteiger partial charge < -0.3 is 4.90 Å². The molecule has 0 radical (unpaired) electrons. The number of nitrogens with zero attached hydrogens (tertiary/aromatic N) is 3. The second kappa shape index (κ2) is 8.23. The van der Waals surface area contributed by atoms with Gasteiger partial charge in [-0.3, -0.25) is 9.69 Å². The summed E-state index contributed by atoms with van der Waals surface area (Å²) in [5, 5.41) is 1.58. The van der Waals surface area contributed by atoms with E-state index in [-0.39, 0.29) is 17.8 Å². The van der Waals surface area contributed by atoms with E-state index in [4.69, 9.17) is 16.6 Å². The molecule has 4 saturated carbocycles. The van der Waals surface area contributed by atoms with Crippen molar-refractivity contribution < 1.29 is 4.79 Å². The number of hydrogen-bond acceptors (Lipinski definition) is 4. The van der Waals surface area contributed by atoms with Crippen LogP contribution in [0.15, 0.2) is 12.1 Å². The Balaban J connectivity index is 0.00000218. The van der Waals surface area contributed by atoms with Gasteiger partial charge in [0.25, 0.3) is 0 Å². The lowest BCUT2D eigenvalue weighted by Gasteiger charge is -2.56. The molecule has 1 heterocycles. The van der Waals surface area contributed by atoms with E-state index in [2.05, 4.69) is 19.0 Å². The van der Waals surface area contributed by atoms with Gasteiger partial charge in [-0.15, -0.1) is 12.4 Å². The highest BCUT2D eigenvalue weighted by Gasteiger charge is 2.56. The van der Waals surface area contributed by atoms with Crippen LogP contribution in [0.2, 0.25) is 5.02 Å². The third kappa shape index (κ3) is 3.76. The van der Waals surface area contributed by atoms with Gasteiger partial charge in [0.05, 0.1) is 15.6 Å². The Labute approximate surface area is 194 Å². The van der Waals surface area contributed by atoms with Gasteiger partial charge in [-0.1, -0.05) is 22.9 Å². The maximum atomic E-state index is 14.1. The molecular formula is C23H31Cl2N3OS. The van der Waals surface area contributed by atoms with Crippen molar-refractivity contribution >= 4 is 56.6 Å². The number of carbonyl (C=O) groups excluding carboxylic acids is 1. The average Bonchev–Trinajstić information content (AvgIpc) is 3.08. The summed E-state index contributed by atoms with van der Waals surface area (Å²) in [6.45, 7) is 3.55. The Kier molecular flexibility index (Phi) is 6.13. The summed E-state index contributed by atoms with van der Waals surface area (Å²) in [5.74, 6) is 2.62. The Morgan fingerprint density at radius 3 is 2.30 bits per heavy atom. The lowest BCUT2D eigenvalue weighted by Crippen LogP contribution is -2.55. The van der Waals surface area contributed by atoms with Crippen LogP contribution in [0.5, 0.6) is 0 Å². The molecule has 4 bridgehead atoms. The van der Waals surface area contributed by atoms with Gasteiger partial charge in [0, 0.05) is 18.1 Å². The van der Waals surface area contributed by atoms with Crippen molar-refractivity contribution in [1.29, 1.82) is 0 Å². The molecule has 0 aliphatic heterocycles. The first-order valence-corrected chi connectivity index (χ1v) is 12.1. The van der Waals surface area contributed by atoms with Crippen molar-refractivity contribution in [2.45, 2.75) is 45.4 Å². The molecule has 7 heteroatoms. The van der Waals surface area contributed by atoms with Crippen molar-refractivity contribution in [1.82, 2.24) is 9.88 Å². The first-order valence-electron chi connectivity index (χ1n) is 10.9. The highest BCUT2D eigenvalue weighted by atomic mass is 35.5. The zero-order valence-electron chi connectivity index (χ0n) is 18.0. The highest BCUT2D eigenvalue weighted by molar-refractivity contribution is 7.22. The second-order valence-corrected chi connectivity index (χ2v) is 11.4. The quantitative estimate of drug-likeness (QED) is 0.557. The van der Waals surface area contributed by atoms with Gasteiger partial charge in [0.1, 0.15) is 0 Å². The minimum Gasteiger partial charge on any atom is -0.308 e. The minimum atomic E-state index is -0.147. The molecule has 4 aliphatic rings. The first kappa shape index (κ1) is 22.3. The maximum Gasteiger partial charge on any atom is 0.235 e. The Morgan fingerprint density at radius 2 is 1.73 bits per heavy atom. The van der Waals surface area contributed by atoms with E-state index < -0.39 is 0 Å². The summed E-state index contributed by atoms with van der Waals surface area (Å²) in [6.07, 6.45) is 7.32. The molecule has 4 aliphatic carbocycles. The number of hydrogen-bond donors (Lipinski definition) is 0. The predicted octanol–water partition coefficient (Wildman–Crippen LogP) is 5.79. The normalized spacial score (nSPS) is 29.4. The summed E-state index contributed by atoms with van der Waals surface area (Å²) >= 11 is 7.96. The molecule has 164 valence electrons. The van der Waals surface area contributed by atoms with Crippen LogP contribution >= 0.6 is 35.3 Å². The molecule has 1 aromatic carbocycles.